The highest BCUT2D eigenvalue weighted by Gasteiger charge is 2.22. The summed E-state index contributed by atoms with van der Waals surface area (Å²) in [7, 11) is 0. The number of carbonyl (C=O) groups excluding carboxylic acids is 1. The molecule has 2 heterocycles. The van der Waals surface area contributed by atoms with Gasteiger partial charge in [0.05, 0.1) is 0 Å². The van der Waals surface area contributed by atoms with E-state index in [2.05, 4.69) is 23.7 Å². The summed E-state index contributed by atoms with van der Waals surface area (Å²) in [6, 6.07) is 4.47. The second-order valence-electron chi connectivity index (χ2n) is 4.22. The van der Waals surface area contributed by atoms with Crippen LogP contribution in [0, 0.1) is 0 Å². The van der Waals surface area contributed by atoms with Crippen LogP contribution in [0.5, 0.6) is 0 Å². The summed E-state index contributed by atoms with van der Waals surface area (Å²) in [5, 5.41) is 5.36. The molecule has 1 unspecified atom stereocenters. The van der Waals surface area contributed by atoms with Gasteiger partial charge in [0, 0.05) is 37.0 Å². The number of carbonyl (C=O) groups is 1. The van der Waals surface area contributed by atoms with Crippen molar-refractivity contribution in [2.24, 2.45) is 0 Å². The molecule has 1 aliphatic rings. The second-order valence-corrected chi connectivity index (χ2v) is 5.25. The summed E-state index contributed by atoms with van der Waals surface area (Å²) >= 11 is 1.73. The Hall–Kier alpha value is -0.870. The zero-order valence-corrected chi connectivity index (χ0v) is 10.4. The summed E-state index contributed by atoms with van der Waals surface area (Å²) in [5.74, 6) is 0.294. The summed E-state index contributed by atoms with van der Waals surface area (Å²) in [4.78, 5) is 15.3. The van der Waals surface area contributed by atoms with Crippen molar-refractivity contribution in [3.05, 3.63) is 22.4 Å². The largest absolute Gasteiger partial charge is 0.337 e. The van der Waals surface area contributed by atoms with E-state index in [1.165, 1.54) is 4.88 Å². The highest BCUT2D eigenvalue weighted by molar-refractivity contribution is 7.09. The summed E-state index contributed by atoms with van der Waals surface area (Å²) in [5.41, 5.74) is 0. The van der Waals surface area contributed by atoms with Crippen LogP contribution in [0.15, 0.2) is 17.5 Å². The molecule has 3 nitrogen and oxygen atoms in total. The zero-order chi connectivity index (χ0) is 11.4. The Kier molecular flexibility index (Phi) is 3.96. The minimum atomic E-state index is 0.294. The minimum Gasteiger partial charge on any atom is -0.337 e. The molecule has 1 atom stereocenters. The van der Waals surface area contributed by atoms with Crippen molar-refractivity contribution in [1.29, 1.82) is 0 Å². The molecule has 1 aliphatic heterocycles. The third-order valence-electron chi connectivity index (χ3n) is 2.99. The summed E-state index contributed by atoms with van der Waals surface area (Å²) in [6.45, 7) is 4.81. The zero-order valence-electron chi connectivity index (χ0n) is 9.61. The van der Waals surface area contributed by atoms with Gasteiger partial charge in [0.25, 0.3) is 0 Å². The van der Waals surface area contributed by atoms with Gasteiger partial charge < -0.3 is 10.2 Å². The predicted molar refractivity (Wildman–Crippen MR) is 66.7 cm³/mol. The molecular formula is C12H18N2OS. The van der Waals surface area contributed by atoms with E-state index in [1.807, 2.05) is 11.0 Å². The first kappa shape index (κ1) is 11.6. The van der Waals surface area contributed by atoms with E-state index in [4.69, 9.17) is 0 Å². The van der Waals surface area contributed by atoms with Crippen LogP contribution in [0.1, 0.15) is 18.2 Å². The van der Waals surface area contributed by atoms with Gasteiger partial charge in [-0.15, -0.1) is 11.3 Å². The third-order valence-corrected chi connectivity index (χ3v) is 3.92. The van der Waals surface area contributed by atoms with E-state index in [1.54, 1.807) is 11.3 Å². The van der Waals surface area contributed by atoms with Crippen LogP contribution in [0.25, 0.3) is 0 Å². The first-order chi connectivity index (χ1) is 7.77. The van der Waals surface area contributed by atoms with Crippen LogP contribution >= 0.6 is 11.3 Å². The van der Waals surface area contributed by atoms with Gasteiger partial charge in [-0.2, -0.15) is 0 Å². The molecule has 1 aromatic rings. The van der Waals surface area contributed by atoms with E-state index in [0.717, 1.165) is 26.1 Å². The smallest absolute Gasteiger partial charge is 0.223 e. The van der Waals surface area contributed by atoms with E-state index in [0.29, 0.717) is 18.4 Å². The van der Waals surface area contributed by atoms with Crippen LogP contribution in [-0.2, 0) is 11.2 Å². The SMILES string of the molecule is CC1CNCCN1C(=O)CCc1cccs1. The average molecular weight is 238 g/mol. The Morgan fingerprint density at radius 3 is 3.25 bits per heavy atom. The van der Waals surface area contributed by atoms with Crippen molar-refractivity contribution in [2.45, 2.75) is 25.8 Å². The topological polar surface area (TPSA) is 32.3 Å². The summed E-state index contributed by atoms with van der Waals surface area (Å²) in [6.07, 6.45) is 1.53. The highest BCUT2D eigenvalue weighted by Crippen LogP contribution is 2.13. The molecule has 1 saturated heterocycles. The molecular weight excluding hydrogens is 220 g/mol. The number of thiophene rings is 1. The van der Waals surface area contributed by atoms with E-state index in [-0.39, 0.29) is 0 Å². The maximum absolute atomic E-state index is 12.0. The van der Waals surface area contributed by atoms with E-state index >= 15 is 0 Å². The molecule has 1 aromatic heterocycles. The number of rotatable bonds is 3. The fourth-order valence-electron chi connectivity index (χ4n) is 2.04. The Bertz CT molecular complexity index is 337. The van der Waals surface area contributed by atoms with Crippen LogP contribution in [0.4, 0.5) is 0 Å². The number of hydrogen-bond donors (Lipinski definition) is 1. The molecule has 0 bridgehead atoms. The second kappa shape index (κ2) is 5.46. The lowest BCUT2D eigenvalue weighted by Gasteiger charge is -2.34. The maximum Gasteiger partial charge on any atom is 0.223 e. The lowest BCUT2D eigenvalue weighted by Crippen LogP contribution is -2.52. The molecule has 0 radical (unpaired) electrons. The van der Waals surface area contributed by atoms with E-state index < -0.39 is 0 Å². The quantitative estimate of drug-likeness (QED) is 0.865. The molecule has 0 spiro atoms. The lowest BCUT2D eigenvalue weighted by atomic mass is 10.1. The normalized spacial score (nSPS) is 21.1. The van der Waals surface area contributed by atoms with Crippen molar-refractivity contribution in [3.8, 4) is 0 Å². The number of nitrogens with one attached hydrogen (secondary N) is 1. The molecule has 1 N–H and O–H groups in total. The van der Waals surface area contributed by atoms with Crippen molar-refractivity contribution in [1.82, 2.24) is 10.2 Å². The number of piperazine rings is 1. The molecule has 0 saturated carbocycles. The Morgan fingerprint density at radius 2 is 2.56 bits per heavy atom. The number of hydrogen-bond acceptors (Lipinski definition) is 3. The lowest BCUT2D eigenvalue weighted by molar-refractivity contribution is -0.133. The van der Waals surface area contributed by atoms with Gasteiger partial charge in [-0.05, 0) is 24.8 Å². The number of aryl methyl sites for hydroxylation is 1. The Labute approximate surface area is 100 Å². The average Bonchev–Trinajstić information content (AvgIpc) is 2.79. The third kappa shape index (κ3) is 2.83. The molecule has 4 heteroatoms. The van der Waals surface area contributed by atoms with Gasteiger partial charge in [0.15, 0.2) is 0 Å². The van der Waals surface area contributed by atoms with Crippen molar-refractivity contribution in [2.75, 3.05) is 19.6 Å². The van der Waals surface area contributed by atoms with Gasteiger partial charge in [0.2, 0.25) is 5.91 Å². The van der Waals surface area contributed by atoms with Crippen LogP contribution in [-0.4, -0.2) is 36.5 Å². The maximum atomic E-state index is 12.0. The molecule has 1 fully saturated rings. The van der Waals surface area contributed by atoms with Crippen LogP contribution in [0.2, 0.25) is 0 Å². The fourth-order valence-corrected chi connectivity index (χ4v) is 2.75. The standard InChI is InChI=1S/C12H18N2OS/c1-10-9-13-6-7-14(10)12(15)5-4-11-3-2-8-16-11/h2-3,8,10,13H,4-7,9H2,1H3. The Morgan fingerprint density at radius 1 is 1.69 bits per heavy atom. The van der Waals surface area contributed by atoms with Crippen molar-refractivity contribution < 1.29 is 4.79 Å². The highest BCUT2D eigenvalue weighted by atomic mass is 32.1. The van der Waals surface area contributed by atoms with E-state index in [9.17, 15) is 4.79 Å². The fraction of sp³-hybridized carbons (Fsp3) is 0.583. The molecule has 0 aliphatic carbocycles. The van der Waals surface area contributed by atoms with Crippen molar-refractivity contribution >= 4 is 17.2 Å². The van der Waals surface area contributed by atoms with Gasteiger partial charge in [-0.3, -0.25) is 4.79 Å². The summed E-state index contributed by atoms with van der Waals surface area (Å²) < 4.78 is 0. The molecule has 1 amide bonds. The Balaban J connectivity index is 1.83. The molecule has 16 heavy (non-hydrogen) atoms. The van der Waals surface area contributed by atoms with Crippen LogP contribution < -0.4 is 5.32 Å². The molecule has 2 rings (SSSR count). The van der Waals surface area contributed by atoms with Crippen molar-refractivity contribution in [3.63, 3.8) is 0 Å². The monoisotopic (exact) mass is 238 g/mol. The van der Waals surface area contributed by atoms with Gasteiger partial charge in [0.1, 0.15) is 0 Å². The van der Waals surface area contributed by atoms with Gasteiger partial charge in [-0.1, -0.05) is 6.07 Å². The molecule has 88 valence electrons. The number of amides is 1. The van der Waals surface area contributed by atoms with Crippen LogP contribution in [0.3, 0.4) is 0 Å². The first-order valence-electron chi connectivity index (χ1n) is 5.80. The predicted octanol–water partition coefficient (Wildman–Crippen LogP) is 1.50. The first-order valence-corrected chi connectivity index (χ1v) is 6.68. The van der Waals surface area contributed by atoms with Gasteiger partial charge in [-0.25, -0.2) is 0 Å². The minimum absolute atomic E-state index is 0.294. The number of nitrogens with zero attached hydrogens (tertiary/aromatic N) is 1. The molecule has 0 aromatic carbocycles. The van der Waals surface area contributed by atoms with Gasteiger partial charge >= 0.3 is 0 Å².